The third-order valence-corrected chi connectivity index (χ3v) is 4.62. The molecule has 0 aromatic heterocycles. The lowest BCUT2D eigenvalue weighted by Crippen LogP contribution is -2.28. The van der Waals surface area contributed by atoms with Crippen molar-refractivity contribution >= 4 is 17.5 Å². The van der Waals surface area contributed by atoms with E-state index in [9.17, 15) is 9.59 Å². The number of carbonyl (C=O) groups is 2. The Kier molecular flexibility index (Phi) is 5.68. The third kappa shape index (κ3) is 4.29. The van der Waals surface area contributed by atoms with Gasteiger partial charge < -0.3 is 15.4 Å². The number of nitrogens with one attached hydrogen (secondary N) is 2. The number of ether oxygens (including phenoxy) is 1. The number of aryl methyl sites for hydroxylation is 1. The first-order chi connectivity index (χ1) is 12.5. The second-order valence-corrected chi connectivity index (χ2v) is 6.62. The van der Waals surface area contributed by atoms with Gasteiger partial charge in [0.05, 0.1) is 6.04 Å². The van der Waals surface area contributed by atoms with Crippen LogP contribution in [0.5, 0.6) is 0 Å². The van der Waals surface area contributed by atoms with Gasteiger partial charge in [0, 0.05) is 17.9 Å². The number of hydrogen-bond acceptors (Lipinski definition) is 3. The topological polar surface area (TPSA) is 67.4 Å². The summed E-state index contributed by atoms with van der Waals surface area (Å²) in [5, 5.41) is 5.84. The summed E-state index contributed by atoms with van der Waals surface area (Å²) >= 11 is 0. The van der Waals surface area contributed by atoms with Gasteiger partial charge in [0.2, 0.25) is 0 Å². The van der Waals surface area contributed by atoms with Crippen molar-refractivity contribution in [3.8, 4) is 0 Å². The molecule has 2 aromatic rings. The van der Waals surface area contributed by atoms with Gasteiger partial charge in [0.1, 0.15) is 6.10 Å². The number of benzene rings is 2. The number of rotatable bonds is 5. The average molecular weight is 352 g/mol. The van der Waals surface area contributed by atoms with Gasteiger partial charge in [-0.25, -0.2) is 0 Å². The van der Waals surface area contributed by atoms with Crippen molar-refractivity contribution in [2.75, 3.05) is 11.9 Å². The van der Waals surface area contributed by atoms with E-state index in [0.29, 0.717) is 17.9 Å². The Hall–Kier alpha value is -2.66. The fraction of sp³-hybridized carbons (Fsp3) is 0.333. The number of carbonyl (C=O) groups excluding carboxylic acids is 2. The molecule has 2 N–H and O–H groups in total. The summed E-state index contributed by atoms with van der Waals surface area (Å²) in [7, 11) is 0. The molecule has 2 amide bonds. The fourth-order valence-electron chi connectivity index (χ4n) is 3.18. The summed E-state index contributed by atoms with van der Waals surface area (Å²) in [6, 6.07) is 14.8. The zero-order valence-electron chi connectivity index (χ0n) is 15.1. The van der Waals surface area contributed by atoms with Crippen molar-refractivity contribution in [1.82, 2.24) is 5.32 Å². The lowest BCUT2D eigenvalue weighted by Gasteiger charge is -2.17. The Labute approximate surface area is 153 Å². The second kappa shape index (κ2) is 8.15. The zero-order chi connectivity index (χ0) is 18.5. The van der Waals surface area contributed by atoms with E-state index < -0.39 is 6.10 Å². The van der Waals surface area contributed by atoms with Gasteiger partial charge in [-0.3, -0.25) is 9.59 Å². The summed E-state index contributed by atoms with van der Waals surface area (Å²) in [6.07, 6.45) is 1.24. The molecule has 0 aliphatic carbocycles. The van der Waals surface area contributed by atoms with Gasteiger partial charge >= 0.3 is 0 Å². The highest BCUT2D eigenvalue weighted by Crippen LogP contribution is 2.19. The Morgan fingerprint density at radius 3 is 2.69 bits per heavy atom. The van der Waals surface area contributed by atoms with E-state index in [-0.39, 0.29) is 17.9 Å². The maximum atomic E-state index is 12.6. The normalized spacial score (nSPS) is 17.5. The fourth-order valence-corrected chi connectivity index (χ4v) is 3.18. The molecule has 2 aromatic carbocycles. The molecule has 1 aliphatic rings. The molecular weight excluding hydrogens is 328 g/mol. The molecule has 2 atom stereocenters. The Morgan fingerprint density at radius 1 is 1.15 bits per heavy atom. The summed E-state index contributed by atoms with van der Waals surface area (Å²) in [5.74, 6) is -0.331. The highest BCUT2D eigenvalue weighted by molar-refractivity contribution is 5.98. The summed E-state index contributed by atoms with van der Waals surface area (Å²) in [6.45, 7) is 4.61. The molecule has 1 fully saturated rings. The van der Waals surface area contributed by atoms with Crippen LogP contribution in [0.15, 0.2) is 48.5 Å². The van der Waals surface area contributed by atoms with Crippen LogP contribution in [0.25, 0.3) is 0 Å². The largest absolute Gasteiger partial charge is 0.368 e. The van der Waals surface area contributed by atoms with Crippen LogP contribution >= 0.6 is 0 Å². The number of amides is 2. The molecule has 0 radical (unpaired) electrons. The highest BCUT2D eigenvalue weighted by atomic mass is 16.5. The molecule has 5 nitrogen and oxygen atoms in total. The monoisotopic (exact) mass is 352 g/mol. The minimum atomic E-state index is -0.395. The van der Waals surface area contributed by atoms with Crippen LogP contribution < -0.4 is 10.6 Å². The van der Waals surface area contributed by atoms with E-state index in [4.69, 9.17) is 4.74 Å². The van der Waals surface area contributed by atoms with Crippen LogP contribution in [0.3, 0.4) is 0 Å². The van der Waals surface area contributed by atoms with Crippen LogP contribution in [0, 0.1) is 6.92 Å². The van der Waals surface area contributed by atoms with Crippen molar-refractivity contribution in [3.05, 3.63) is 65.2 Å². The molecule has 1 heterocycles. The lowest BCUT2D eigenvalue weighted by atomic mass is 10.0. The van der Waals surface area contributed by atoms with Gasteiger partial charge in [-0.2, -0.15) is 0 Å². The molecule has 5 heteroatoms. The third-order valence-electron chi connectivity index (χ3n) is 4.62. The predicted molar refractivity (Wildman–Crippen MR) is 101 cm³/mol. The van der Waals surface area contributed by atoms with Crippen molar-refractivity contribution in [1.29, 1.82) is 0 Å². The molecule has 0 bridgehead atoms. The summed E-state index contributed by atoms with van der Waals surface area (Å²) in [4.78, 5) is 24.7. The van der Waals surface area contributed by atoms with E-state index in [2.05, 4.69) is 10.6 Å². The predicted octanol–water partition coefficient (Wildman–Crippen LogP) is 3.60. The summed E-state index contributed by atoms with van der Waals surface area (Å²) < 4.78 is 5.39. The molecule has 3 rings (SSSR count). The zero-order valence-corrected chi connectivity index (χ0v) is 15.1. The highest BCUT2D eigenvalue weighted by Gasteiger charge is 2.23. The van der Waals surface area contributed by atoms with Crippen molar-refractivity contribution in [2.24, 2.45) is 0 Å². The molecule has 26 heavy (non-hydrogen) atoms. The smallest absolute Gasteiger partial charge is 0.253 e. The van der Waals surface area contributed by atoms with Crippen LogP contribution in [0.2, 0.25) is 0 Å². The molecule has 1 aliphatic heterocycles. The lowest BCUT2D eigenvalue weighted by molar-refractivity contribution is -0.124. The number of hydrogen-bond donors (Lipinski definition) is 2. The SMILES string of the molecule is Cc1ccccc1C(C)NC(=O)c1cccc(NC(=O)C2CCCO2)c1. The van der Waals surface area contributed by atoms with Crippen LogP contribution in [-0.2, 0) is 9.53 Å². The Balaban J connectivity index is 1.66. The van der Waals surface area contributed by atoms with Gasteiger partial charge in [-0.05, 0) is 56.0 Å². The average Bonchev–Trinajstić information content (AvgIpc) is 3.17. The van der Waals surface area contributed by atoms with E-state index >= 15 is 0 Å². The minimum absolute atomic E-state index is 0.103. The maximum Gasteiger partial charge on any atom is 0.253 e. The minimum Gasteiger partial charge on any atom is -0.368 e. The molecule has 0 saturated carbocycles. The molecule has 0 spiro atoms. The molecule has 2 unspecified atom stereocenters. The van der Waals surface area contributed by atoms with Gasteiger partial charge in [-0.1, -0.05) is 30.3 Å². The molecular formula is C21H24N2O3. The van der Waals surface area contributed by atoms with Gasteiger partial charge in [-0.15, -0.1) is 0 Å². The van der Waals surface area contributed by atoms with E-state index in [0.717, 1.165) is 24.0 Å². The Bertz CT molecular complexity index is 797. The molecule has 1 saturated heterocycles. The van der Waals surface area contributed by atoms with Gasteiger partial charge in [0.15, 0.2) is 0 Å². The Morgan fingerprint density at radius 2 is 1.96 bits per heavy atom. The maximum absolute atomic E-state index is 12.6. The van der Waals surface area contributed by atoms with Crippen LogP contribution in [0.1, 0.15) is 47.3 Å². The van der Waals surface area contributed by atoms with E-state index in [1.807, 2.05) is 38.1 Å². The summed E-state index contributed by atoms with van der Waals surface area (Å²) in [5.41, 5.74) is 3.33. The number of anilines is 1. The van der Waals surface area contributed by atoms with Crippen LogP contribution in [-0.4, -0.2) is 24.5 Å². The first-order valence-corrected chi connectivity index (χ1v) is 8.93. The second-order valence-electron chi connectivity index (χ2n) is 6.62. The quantitative estimate of drug-likeness (QED) is 0.864. The first-order valence-electron chi connectivity index (χ1n) is 8.93. The van der Waals surface area contributed by atoms with Crippen molar-refractivity contribution in [2.45, 2.75) is 38.8 Å². The van der Waals surface area contributed by atoms with Crippen LogP contribution in [0.4, 0.5) is 5.69 Å². The van der Waals surface area contributed by atoms with Gasteiger partial charge in [0.25, 0.3) is 11.8 Å². The molecule has 136 valence electrons. The van der Waals surface area contributed by atoms with Crippen molar-refractivity contribution in [3.63, 3.8) is 0 Å². The standard InChI is InChI=1S/C21H24N2O3/c1-14-7-3-4-10-18(14)15(2)22-20(24)16-8-5-9-17(13-16)23-21(25)19-11-6-12-26-19/h3-5,7-10,13,15,19H,6,11-12H2,1-2H3,(H,22,24)(H,23,25). The van der Waals surface area contributed by atoms with Crippen molar-refractivity contribution < 1.29 is 14.3 Å². The van der Waals surface area contributed by atoms with E-state index in [1.54, 1.807) is 24.3 Å². The first kappa shape index (κ1) is 18.1. The van der Waals surface area contributed by atoms with E-state index in [1.165, 1.54) is 0 Å².